The van der Waals surface area contributed by atoms with Crippen molar-refractivity contribution in [2.75, 3.05) is 0 Å². The molecule has 0 radical (unpaired) electrons. The number of carbonyl (C=O) groups excluding carboxylic acids is 1. The Hall–Kier alpha value is -0.570. The maximum atomic E-state index is 11.8. The summed E-state index contributed by atoms with van der Waals surface area (Å²) in [5.74, 6) is 0.214. The molecule has 1 atom stereocenters. The van der Waals surface area contributed by atoms with E-state index >= 15 is 0 Å². The molecule has 1 aliphatic rings. The molecule has 0 aromatic heterocycles. The molecule has 0 aromatic rings. The molecule has 0 bridgehead atoms. The molecule has 0 unspecified atom stereocenters. The second-order valence-corrected chi connectivity index (χ2v) is 6.54. The van der Waals surface area contributed by atoms with Gasteiger partial charge in [0.15, 0.2) is 0 Å². The van der Waals surface area contributed by atoms with Crippen molar-refractivity contribution in [2.24, 2.45) is 17.1 Å². The summed E-state index contributed by atoms with van der Waals surface area (Å²) in [6, 6.07) is -0.454. The molecule has 0 saturated heterocycles. The molecule has 0 amide bonds. The van der Waals surface area contributed by atoms with E-state index in [1.807, 2.05) is 0 Å². The van der Waals surface area contributed by atoms with Crippen molar-refractivity contribution in [1.29, 1.82) is 0 Å². The molecule has 0 heterocycles. The zero-order chi connectivity index (χ0) is 13.1. The molecule has 17 heavy (non-hydrogen) atoms. The molecule has 3 nitrogen and oxygen atoms in total. The van der Waals surface area contributed by atoms with E-state index in [0.29, 0.717) is 17.8 Å². The molecule has 1 saturated carbocycles. The van der Waals surface area contributed by atoms with Gasteiger partial charge >= 0.3 is 5.97 Å². The summed E-state index contributed by atoms with van der Waals surface area (Å²) in [5, 5.41) is 0. The molecule has 1 aliphatic carbocycles. The summed E-state index contributed by atoms with van der Waals surface area (Å²) >= 11 is 0. The predicted molar refractivity (Wildman–Crippen MR) is 69.6 cm³/mol. The molecular weight excluding hydrogens is 214 g/mol. The summed E-state index contributed by atoms with van der Waals surface area (Å²) in [5.41, 5.74) is 6.22. The zero-order valence-electron chi connectivity index (χ0n) is 11.7. The first-order valence-corrected chi connectivity index (χ1v) is 6.76. The van der Waals surface area contributed by atoms with Gasteiger partial charge in [-0.1, -0.05) is 27.7 Å². The van der Waals surface area contributed by atoms with Crippen molar-refractivity contribution in [3.63, 3.8) is 0 Å². The number of hydrogen-bond acceptors (Lipinski definition) is 3. The smallest absolute Gasteiger partial charge is 0.323 e. The van der Waals surface area contributed by atoms with Gasteiger partial charge in [-0.25, -0.2) is 0 Å². The second kappa shape index (κ2) is 5.85. The van der Waals surface area contributed by atoms with Crippen LogP contribution in [0.3, 0.4) is 0 Å². The van der Waals surface area contributed by atoms with E-state index in [4.69, 9.17) is 10.5 Å². The van der Waals surface area contributed by atoms with Crippen LogP contribution in [0.4, 0.5) is 0 Å². The van der Waals surface area contributed by atoms with Crippen LogP contribution in [0.2, 0.25) is 0 Å². The van der Waals surface area contributed by atoms with Crippen LogP contribution in [0.5, 0.6) is 0 Å². The number of hydrogen-bond donors (Lipinski definition) is 1. The molecule has 2 N–H and O–H groups in total. The fraction of sp³-hybridized carbons (Fsp3) is 0.929. The van der Waals surface area contributed by atoms with Crippen LogP contribution in [0.1, 0.15) is 59.8 Å². The molecule has 0 aromatic carbocycles. The third-order valence-electron chi connectivity index (χ3n) is 3.60. The van der Waals surface area contributed by atoms with E-state index in [1.54, 1.807) is 0 Å². The molecular formula is C14H27NO2. The minimum Gasteiger partial charge on any atom is -0.461 e. The first kappa shape index (κ1) is 14.5. The van der Waals surface area contributed by atoms with Gasteiger partial charge < -0.3 is 10.5 Å². The minimum absolute atomic E-state index is 0.0914. The average molecular weight is 241 g/mol. The lowest BCUT2D eigenvalue weighted by molar-refractivity contribution is -0.153. The molecule has 0 spiro atoms. The van der Waals surface area contributed by atoms with Crippen LogP contribution in [0.15, 0.2) is 0 Å². The van der Waals surface area contributed by atoms with Crippen molar-refractivity contribution in [2.45, 2.75) is 71.9 Å². The van der Waals surface area contributed by atoms with E-state index in [2.05, 4.69) is 27.7 Å². The van der Waals surface area contributed by atoms with Gasteiger partial charge in [-0.2, -0.15) is 0 Å². The van der Waals surface area contributed by atoms with Crippen molar-refractivity contribution in [1.82, 2.24) is 0 Å². The standard InChI is InChI=1S/C14H27NO2/c1-10(2)9-12(15)13(16)17-11-5-7-14(3,4)8-6-11/h10-12H,5-9,15H2,1-4H3/t12-/m1/s1. The van der Waals surface area contributed by atoms with Crippen molar-refractivity contribution in [3.05, 3.63) is 0 Å². The van der Waals surface area contributed by atoms with E-state index in [0.717, 1.165) is 25.7 Å². The maximum Gasteiger partial charge on any atom is 0.323 e. The number of esters is 1. The van der Waals surface area contributed by atoms with E-state index in [9.17, 15) is 4.79 Å². The molecule has 3 heteroatoms. The lowest BCUT2D eigenvalue weighted by Gasteiger charge is -2.34. The van der Waals surface area contributed by atoms with Crippen molar-refractivity contribution in [3.8, 4) is 0 Å². The molecule has 1 rings (SSSR count). The molecule has 1 fully saturated rings. The topological polar surface area (TPSA) is 52.3 Å². The highest BCUT2D eigenvalue weighted by Gasteiger charge is 2.29. The maximum absolute atomic E-state index is 11.8. The summed E-state index contributed by atoms with van der Waals surface area (Å²) in [4.78, 5) is 11.8. The summed E-state index contributed by atoms with van der Waals surface area (Å²) in [6.45, 7) is 8.68. The van der Waals surface area contributed by atoms with Crippen LogP contribution in [-0.2, 0) is 9.53 Å². The quantitative estimate of drug-likeness (QED) is 0.770. The minimum atomic E-state index is -0.454. The van der Waals surface area contributed by atoms with Gasteiger partial charge in [0, 0.05) is 0 Å². The lowest BCUT2D eigenvalue weighted by Crippen LogP contribution is -2.37. The Morgan fingerprint density at radius 1 is 1.35 bits per heavy atom. The SMILES string of the molecule is CC(C)C[C@@H](N)C(=O)OC1CCC(C)(C)CC1. The van der Waals surface area contributed by atoms with Gasteiger partial charge in [0.1, 0.15) is 12.1 Å². The Labute approximate surface area is 105 Å². The summed E-state index contributed by atoms with van der Waals surface area (Å²) in [6.07, 6.45) is 5.01. The van der Waals surface area contributed by atoms with Crippen LogP contribution >= 0.6 is 0 Å². The predicted octanol–water partition coefficient (Wildman–Crippen LogP) is 2.87. The van der Waals surface area contributed by atoms with Gasteiger partial charge in [-0.05, 0) is 43.4 Å². The van der Waals surface area contributed by atoms with E-state index in [-0.39, 0.29) is 12.1 Å². The van der Waals surface area contributed by atoms with Crippen LogP contribution in [-0.4, -0.2) is 18.1 Å². The molecule has 0 aliphatic heterocycles. The Kier molecular flexibility index (Phi) is 4.99. The average Bonchev–Trinajstić information content (AvgIpc) is 2.20. The third kappa shape index (κ3) is 5.07. The van der Waals surface area contributed by atoms with E-state index in [1.165, 1.54) is 0 Å². The zero-order valence-corrected chi connectivity index (χ0v) is 11.7. The second-order valence-electron chi connectivity index (χ2n) is 6.54. The first-order chi connectivity index (χ1) is 7.80. The molecule has 100 valence electrons. The first-order valence-electron chi connectivity index (χ1n) is 6.76. The normalized spacial score (nSPS) is 22.5. The fourth-order valence-corrected chi connectivity index (χ4v) is 2.35. The van der Waals surface area contributed by atoms with Gasteiger partial charge in [-0.15, -0.1) is 0 Å². The Morgan fingerprint density at radius 3 is 2.35 bits per heavy atom. The number of rotatable bonds is 4. The highest BCUT2D eigenvalue weighted by Crippen LogP contribution is 2.36. The fourth-order valence-electron chi connectivity index (χ4n) is 2.35. The lowest BCUT2D eigenvalue weighted by atomic mass is 9.76. The van der Waals surface area contributed by atoms with Gasteiger partial charge in [0.05, 0.1) is 0 Å². The van der Waals surface area contributed by atoms with Gasteiger partial charge in [0.25, 0.3) is 0 Å². The van der Waals surface area contributed by atoms with Gasteiger partial charge in [0.2, 0.25) is 0 Å². The highest BCUT2D eigenvalue weighted by molar-refractivity contribution is 5.75. The summed E-state index contributed by atoms with van der Waals surface area (Å²) < 4.78 is 5.48. The van der Waals surface area contributed by atoms with E-state index < -0.39 is 6.04 Å². The Balaban J connectivity index is 2.32. The van der Waals surface area contributed by atoms with Crippen LogP contribution in [0.25, 0.3) is 0 Å². The Morgan fingerprint density at radius 2 is 1.88 bits per heavy atom. The van der Waals surface area contributed by atoms with Crippen LogP contribution < -0.4 is 5.73 Å². The van der Waals surface area contributed by atoms with Crippen LogP contribution in [0, 0.1) is 11.3 Å². The third-order valence-corrected chi connectivity index (χ3v) is 3.60. The summed E-state index contributed by atoms with van der Waals surface area (Å²) in [7, 11) is 0. The largest absolute Gasteiger partial charge is 0.461 e. The number of nitrogens with two attached hydrogens (primary N) is 1. The van der Waals surface area contributed by atoms with Crippen molar-refractivity contribution < 1.29 is 9.53 Å². The Bertz CT molecular complexity index is 251. The van der Waals surface area contributed by atoms with Crippen molar-refractivity contribution >= 4 is 5.97 Å². The highest BCUT2D eigenvalue weighted by atomic mass is 16.5. The number of carbonyl (C=O) groups is 1. The number of ether oxygens (including phenoxy) is 1. The van der Waals surface area contributed by atoms with Gasteiger partial charge in [-0.3, -0.25) is 4.79 Å². The monoisotopic (exact) mass is 241 g/mol.